The molecule has 0 aromatic carbocycles. The minimum atomic E-state index is -1.78. The zero-order valence-electron chi connectivity index (χ0n) is 19.0. The van der Waals surface area contributed by atoms with Gasteiger partial charge in [-0.2, -0.15) is 0 Å². The molecule has 8 nitrogen and oxygen atoms in total. The summed E-state index contributed by atoms with van der Waals surface area (Å²) in [5, 5.41) is 0. The van der Waals surface area contributed by atoms with Crippen LogP contribution in [0.1, 0.15) is 53.4 Å². The molecule has 0 unspecified atom stereocenters. The maximum Gasteiger partial charge on any atom is 0.324 e. The van der Waals surface area contributed by atoms with Crippen molar-refractivity contribution in [1.82, 2.24) is 0 Å². The fraction of sp³-hybridized carbons (Fsp3) is 0.708. The van der Waals surface area contributed by atoms with Crippen LogP contribution in [0.2, 0.25) is 0 Å². The average Bonchev–Trinajstić information content (AvgIpc) is 2.81. The molecule has 4 aliphatic rings. The largest absolute Gasteiger partial charge is 0.464 e. The maximum absolute atomic E-state index is 13.7. The number of ketones is 1. The highest BCUT2D eigenvalue weighted by atomic mass is 16.6. The van der Waals surface area contributed by atoms with Crippen LogP contribution in [0.15, 0.2) is 12.2 Å². The normalized spacial score (nSPS) is 42.1. The third-order valence-corrected chi connectivity index (χ3v) is 8.49. The van der Waals surface area contributed by atoms with Gasteiger partial charge in [0.15, 0.2) is 11.2 Å². The van der Waals surface area contributed by atoms with Gasteiger partial charge in [-0.15, -0.1) is 0 Å². The lowest BCUT2D eigenvalue weighted by molar-refractivity contribution is -0.252. The summed E-state index contributed by atoms with van der Waals surface area (Å²) in [6.45, 7) is 10.2. The number of esters is 3. The number of fused-ring (bicyclic) bond motifs is 2. The molecule has 0 amide bonds. The summed E-state index contributed by atoms with van der Waals surface area (Å²) in [4.78, 5) is 63.7. The molecule has 8 heteroatoms. The topological polar surface area (TPSA) is 113 Å². The van der Waals surface area contributed by atoms with E-state index in [0.29, 0.717) is 25.7 Å². The van der Waals surface area contributed by atoms with Crippen LogP contribution in [0.4, 0.5) is 0 Å². The van der Waals surface area contributed by atoms with Crippen molar-refractivity contribution in [3.63, 3.8) is 0 Å². The molecule has 4 rings (SSSR count). The van der Waals surface area contributed by atoms with Crippen molar-refractivity contribution in [2.45, 2.75) is 65.6 Å². The van der Waals surface area contributed by atoms with Gasteiger partial charge >= 0.3 is 17.9 Å². The minimum absolute atomic E-state index is 0.139. The SMILES string of the molecule is C=C1C(=O)[C@@]23C(=O)OC[C@]4([C@@H](OC(C)=O)CCC(C)(C)[C@H]4C=O)[C@@H]2CC[C@@H]1[C@H]3OC(C)=O. The lowest BCUT2D eigenvalue weighted by atomic mass is 9.43. The second-order valence-electron chi connectivity index (χ2n) is 10.4. The summed E-state index contributed by atoms with van der Waals surface area (Å²) in [6.07, 6.45) is 1.10. The Morgan fingerprint density at radius 2 is 1.75 bits per heavy atom. The Kier molecular flexibility index (Phi) is 5.14. The number of hydrogen-bond donors (Lipinski definition) is 0. The number of aldehydes is 1. The monoisotopic (exact) mass is 446 g/mol. The lowest BCUT2D eigenvalue weighted by Gasteiger charge is -2.62. The molecule has 174 valence electrons. The van der Waals surface area contributed by atoms with E-state index < -0.39 is 69.9 Å². The Balaban J connectivity index is 1.97. The number of rotatable bonds is 3. The zero-order valence-corrected chi connectivity index (χ0v) is 19.0. The first-order valence-electron chi connectivity index (χ1n) is 11.1. The second-order valence-corrected chi connectivity index (χ2v) is 10.4. The van der Waals surface area contributed by atoms with Crippen LogP contribution in [0.3, 0.4) is 0 Å². The van der Waals surface area contributed by atoms with Gasteiger partial charge in [0.2, 0.25) is 0 Å². The Morgan fingerprint density at radius 1 is 1.09 bits per heavy atom. The van der Waals surface area contributed by atoms with E-state index in [4.69, 9.17) is 14.2 Å². The predicted molar refractivity (Wildman–Crippen MR) is 110 cm³/mol. The first kappa shape index (κ1) is 22.7. The Hall–Kier alpha value is -2.51. The van der Waals surface area contributed by atoms with Crippen molar-refractivity contribution in [2.24, 2.45) is 34.0 Å². The smallest absolute Gasteiger partial charge is 0.324 e. The fourth-order valence-electron chi connectivity index (χ4n) is 7.29. The van der Waals surface area contributed by atoms with Gasteiger partial charge in [0.05, 0.1) is 5.41 Å². The number of carbonyl (C=O) groups is 5. The highest BCUT2D eigenvalue weighted by molar-refractivity contribution is 6.16. The van der Waals surface area contributed by atoms with Crippen LogP contribution in [0.25, 0.3) is 0 Å². The maximum atomic E-state index is 13.7. The van der Waals surface area contributed by atoms with E-state index in [2.05, 4.69) is 6.58 Å². The molecule has 4 fully saturated rings. The lowest BCUT2D eigenvalue weighted by Crippen LogP contribution is -2.71. The minimum Gasteiger partial charge on any atom is -0.464 e. The summed E-state index contributed by atoms with van der Waals surface area (Å²) in [5.41, 5.74) is -3.12. The molecule has 0 N–H and O–H groups in total. The number of cyclic esters (lactones) is 1. The number of carbonyl (C=O) groups excluding carboxylic acids is 5. The number of Topliss-reactive ketones (excluding diaryl/α,β-unsaturated/α-hetero) is 1. The van der Waals surface area contributed by atoms with E-state index >= 15 is 0 Å². The molecule has 32 heavy (non-hydrogen) atoms. The Bertz CT molecular complexity index is 919. The van der Waals surface area contributed by atoms with E-state index in [-0.39, 0.29) is 12.2 Å². The first-order valence-corrected chi connectivity index (χ1v) is 11.1. The third kappa shape index (κ3) is 2.70. The molecule has 0 aromatic heterocycles. The molecular weight excluding hydrogens is 416 g/mol. The molecule has 3 aliphatic carbocycles. The summed E-state index contributed by atoms with van der Waals surface area (Å²) in [7, 11) is 0. The third-order valence-electron chi connectivity index (χ3n) is 8.49. The molecule has 3 saturated carbocycles. The summed E-state index contributed by atoms with van der Waals surface area (Å²) in [6, 6.07) is 0. The molecule has 2 spiro atoms. The summed E-state index contributed by atoms with van der Waals surface area (Å²) >= 11 is 0. The van der Waals surface area contributed by atoms with Crippen LogP contribution in [0, 0.1) is 34.0 Å². The van der Waals surface area contributed by atoms with E-state index in [1.807, 2.05) is 13.8 Å². The van der Waals surface area contributed by atoms with E-state index in [1.54, 1.807) is 0 Å². The van der Waals surface area contributed by atoms with Gasteiger partial charge < -0.3 is 19.0 Å². The van der Waals surface area contributed by atoms with Gasteiger partial charge in [0.1, 0.15) is 25.1 Å². The van der Waals surface area contributed by atoms with Crippen LogP contribution < -0.4 is 0 Å². The van der Waals surface area contributed by atoms with Gasteiger partial charge in [-0.05, 0) is 42.6 Å². The fourth-order valence-corrected chi connectivity index (χ4v) is 7.29. The van der Waals surface area contributed by atoms with Crippen molar-refractivity contribution < 1.29 is 38.2 Å². The Labute approximate surface area is 187 Å². The van der Waals surface area contributed by atoms with E-state index in [1.165, 1.54) is 13.8 Å². The predicted octanol–water partition coefficient (Wildman–Crippen LogP) is 2.18. The van der Waals surface area contributed by atoms with Crippen LogP contribution in [-0.4, -0.2) is 48.8 Å². The molecule has 1 heterocycles. The molecule has 2 bridgehead atoms. The standard InChI is InChI=1S/C24H30O8/c1-12-15-6-7-16-23(17(10-25)22(4,5)9-8-18(23)31-13(2)26)11-30-21(29)24(16,19(12)28)20(15)32-14(3)27/h10,15-18,20H,1,6-9,11H2,2-5H3/t15-,16-,17+,18-,20+,23-,24-/m0/s1. The van der Waals surface area contributed by atoms with Crippen molar-refractivity contribution in [1.29, 1.82) is 0 Å². The van der Waals surface area contributed by atoms with Crippen molar-refractivity contribution in [3.05, 3.63) is 12.2 Å². The highest BCUT2D eigenvalue weighted by Crippen LogP contribution is 2.68. The average molecular weight is 446 g/mol. The molecule has 7 atom stereocenters. The second kappa shape index (κ2) is 7.25. The van der Waals surface area contributed by atoms with Crippen molar-refractivity contribution >= 4 is 30.0 Å². The molecule has 1 aliphatic heterocycles. The van der Waals surface area contributed by atoms with E-state index in [9.17, 15) is 24.0 Å². The molecule has 1 saturated heterocycles. The van der Waals surface area contributed by atoms with Crippen LogP contribution >= 0.6 is 0 Å². The number of ether oxygens (including phenoxy) is 3. The summed E-state index contributed by atoms with van der Waals surface area (Å²) < 4.78 is 17.0. The molecule has 0 radical (unpaired) electrons. The van der Waals surface area contributed by atoms with Crippen LogP contribution in [0.5, 0.6) is 0 Å². The quantitative estimate of drug-likeness (QED) is 0.213. The van der Waals surface area contributed by atoms with Crippen molar-refractivity contribution in [3.8, 4) is 0 Å². The van der Waals surface area contributed by atoms with Gasteiger partial charge in [-0.1, -0.05) is 20.4 Å². The Morgan fingerprint density at radius 3 is 2.34 bits per heavy atom. The van der Waals surface area contributed by atoms with Gasteiger partial charge in [-0.25, -0.2) is 0 Å². The number of hydrogen-bond acceptors (Lipinski definition) is 8. The first-order chi connectivity index (χ1) is 14.9. The van der Waals surface area contributed by atoms with Gasteiger partial charge in [0.25, 0.3) is 0 Å². The van der Waals surface area contributed by atoms with Gasteiger partial charge in [0, 0.05) is 25.7 Å². The summed E-state index contributed by atoms with van der Waals surface area (Å²) in [5.74, 6) is -4.16. The van der Waals surface area contributed by atoms with Crippen molar-refractivity contribution in [2.75, 3.05) is 6.61 Å². The zero-order chi connectivity index (χ0) is 23.6. The molecule has 0 aromatic rings. The van der Waals surface area contributed by atoms with Gasteiger partial charge in [-0.3, -0.25) is 19.2 Å². The highest BCUT2D eigenvalue weighted by Gasteiger charge is 2.79. The van der Waals surface area contributed by atoms with Crippen LogP contribution in [-0.2, 0) is 38.2 Å². The molecular formula is C24H30O8. The van der Waals surface area contributed by atoms with E-state index in [0.717, 1.165) is 6.29 Å².